The maximum atomic E-state index is 12.3. The Bertz CT molecular complexity index is 792. The lowest BCUT2D eigenvalue weighted by Crippen LogP contribution is -2.50. The fourth-order valence-electron chi connectivity index (χ4n) is 2.13. The maximum Gasteiger partial charge on any atom is 0.326 e. The number of aliphatic imine (C=N–C) groups is 1. The predicted molar refractivity (Wildman–Crippen MR) is 108 cm³/mol. The van der Waals surface area contributed by atoms with Gasteiger partial charge in [-0.05, 0) is 38.8 Å². The maximum absolute atomic E-state index is 12.3. The molecule has 0 fully saturated rings. The van der Waals surface area contributed by atoms with Crippen LogP contribution in [0.2, 0.25) is 0 Å². The Labute approximate surface area is 169 Å². The van der Waals surface area contributed by atoms with E-state index in [0.717, 1.165) is 5.56 Å². The fraction of sp³-hybridized carbons (Fsp3) is 0.438. The monoisotopic (exact) mass is 435 g/mol. The fourth-order valence-corrected chi connectivity index (χ4v) is 3.33. The molecule has 0 bridgehead atoms. The Morgan fingerprint density at radius 1 is 1.17 bits per heavy atom. The number of hydrogen-bond donors (Lipinski definition) is 5. The SMILES string of the molecule is Cc1ccc(S(=O)(=O)N[C@@H](C)C(=O)N[C@@H](CCCN=C(N)N)C(=O)O)cc1.O.O. The Morgan fingerprint density at radius 2 is 1.72 bits per heavy atom. The third-order valence-electron chi connectivity index (χ3n) is 3.62. The lowest BCUT2D eigenvalue weighted by molar-refractivity contribution is -0.142. The second kappa shape index (κ2) is 12.7. The van der Waals surface area contributed by atoms with Crippen LogP contribution in [0.15, 0.2) is 34.2 Å². The Balaban J connectivity index is 0. The highest BCUT2D eigenvalue weighted by molar-refractivity contribution is 7.89. The van der Waals surface area contributed by atoms with E-state index in [-0.39, 0.29) is 34.8 Å². The van der Waals surface area contributed by atoms with Crippen molar-refractivity contribution in [3.8, 4) is 0 Å². The normalized spacial score (nSPS) is 12.5. The quantitative estimate of drug-likeness (QED) is 0.152. The number of guanidine groups is 1. The van der Waals surface area contributed by atoms with E-state index in [1.165, 1.54) is 19.1 Å². The lowest BCUT2D eigenvalue weighted by atomic mass is 10.1. The summed E-state index contributed by atoms with van der Waals surface area (Å²) in [4.78, 5) is 27.2. The van der Waals surface area contributed by atoms with Gasteiger partial charge in [0.15, 0.2) is 5.96 Å². The van der Waals surface area contributed by atoms with E-state index in [9.17, 15) is 23.1 Å². The average molecular weight is 436 g/mol. The molecule has 1 aromatic carbocycles. The second-order valence-corrected chi connectivity index (χ2v) is 7.72. The molecular formula is C16H29N5O7S. The minimum Gasteiger partial charge on any atom is -0.480 e. The highest BCUT2D eigenvalue weighted by atomic mass is 32.2. The third kappa shape index (κ3) is 9.84. The summed E-state index contributed by atoms with van der Waals surface area (Å²) in [7, 11) is -3.91. The van der Waals surface area contributed by atoms with Crippen molar-refractivity contribution in [1.29, 1.82) is 0 Å². The summed E-state index contributed by atoms with van der Waals surface area (Å²) in [6, 6.07) is 3.78. The highest BCUT2D eigenvalue weighted by Gasteiger charge is 2.26. The first-order chi connectivity index (χ1) is 12.5. The summed E-state index contributed by atoms with van der Waals surface area (Å²) in [5.74, 6) is -2.09. The highest BCUT2D eigenvalue weighted by Crippen LogP contribution is 2.10. The van der Waals surface area contributed by atoms with Crippen LogP contribution in [0.5, 0.6) is 0 Å². The number of hydrogen-bond acceptors (Lipinski definition) is 5. The molecule has 1 amide bonds. The van der Waals surface area contributed by atoms with Gasteiger partial charge in [0.25, 0.3) is 0 Å². The number of benzene rings is 1. The number of aliphatic carboxylic acids is 1. The third-order valence-corrected chi connectivity index (χ3v) is 5.17. The van der Waals surface area contributed by atoms with Gasteiger partial charge in [0, 0.05) is 6.54 Å². The standard InChI is InChI=1S/C16H25N5O5S.2H2O/c1-10-5-7-12(8-6-10)27(25,26)21-11(2)14(22)20-13(15(23)24)4-3-9-19-16(17)18;;/h5-8,11,13,21H,3-4,9H2,1-2H3,(H,20,22)(H,23,24)(H4,17,18,19);2*1H2/t11-,13-;;/m0../s1. The molecule has 166 valence electrons. The minimum absolute atomic E-state index is 0. The number of nitrogens with one attached hydrogen (secondary N) is 2. The number of rotatable bonds is 10. The van der Waals surface area contributed by atoms with Gasteiger partial charge in [-0.15, -0.1) is 0 Å². The summed E-state index contributed by atoms with van der Waals surface area (Å²) in [6.45, 7) is 3.37. The van der Waals surface area contributed by atoms with Crippen LogP contribution in [0, 0.1) is 6.92 Å². The number of carboxylic acid groups (broad SMARTS) is 1. The second-order valence-electron chi connectivity index (χ2n) is 6.00. The zero-order chi connectivity index (χ0) is 20.6. The molecule has 0 spiro atoms. The molecule has 11 N–H and O–H groups in total. The van der Waals surface area contributed by atoms with E-state index in [1.54, 1.807) is 12.1 Å². The molecule has 12 nitrogen and oxygen atoms in total. The summed E-state index contributed by atoms with van der Waals surface area (Å²) in [5.41, 5.74) is 11.3. The first kappa shape index (κ1) is 28.5. The largest absolute Gasteiger partial charge is 0.480 e. The molecule has 0 saturated carbocycles. The van der Waals surface area contributed by atoms with Crippen molar-refractivity contribution in [3.63, 3.8) is 0 Å². The van der Waals surface area contributed by atoms with Gasteiger partial charge in [0.05, 0.1) is 10.9 Å². The smallest absolute Gasteiger partial charge is 0.326 e. The van der Waals surface area contributed by atoms with Crippen LogP contribution in [-0.4, -0.2) is 60.9 Å². The van der Waals surface area contributed by atoms with E-state index in [0.29, 0.717) is 6.42 Å². The van der Waals surface area contributed by atoms with Gasteiger partial charge < -0.3 is 32.8 Å². The van der Waals surface area contributed by atoms with E-state index >= 15 is 0 Å². The molecular weight excluding hydrogens is 406 g/mol. The van der Waals surface area contributed by atoms with E-state index in [2.05, 4.69) is 15.0 Å². The molecule has 2 atom stereocenters. The number of sulfonamides is 1. The molecule has 0 saturated heterocycles. The zero-order valence-corrected chi connectivity index (χ0v) is 17.0. The van der Waals surface area contributed by atoms with Crippen LogP contribution < -0.4 is 21.5 Å². The van der Waals surface area contributed by atoms with Gasteiger partial charge in [0.1, 0.15) is 6.04 Å². The summed E-state index contributed by atoms with van der Waals surface area (Å²) in [5, 5.41) is 11.5. The number of carbonyl (C=O) groups is 2. The van der Waals surface area contributed by atoms with Crippen molar-refractivity contribution < 1.29 is 34.1 Å². The van der Waals surface area contributed by atoms with Gasteiger partial charge in [0.2, 0.25) is 15.9 Å². The number of aryl methyl sites for hydroxylation is 1. The molecule has 0 aromatic heterocycles. The Morgan fingerprint density at radius 3 is 2.21 bits per heavy atom. The molecule has 1 rings (SSSR count). The topological polar surface area (TPSA) is 240 Å². The number of carbonyl (C=O) groups excluding carboxylic acids is 1. The lowest BCUT2D eigenvalue weighted by Gasteiger charge is -2.18. The first-order valence-electron chi connectivity index (χ1n) is 8.20. The Hall–Kier alpha value is -2.74. The van der Waals surface area contributed by atoms with Crippen molar-refractivity contribution in [1.82, 2.24) is 10.0 Å². The molecule has 29 heavy (non-hydrogen) atoms. The van der Waals surface area contributed by atoms with Gasteiger partial charge >= 0.3 is 5.97 Å². The summed E-state index contributed by atoms with van der Waals surface area (Å²) >= 11 is 0. The molecule has 0 aliphatic rings. The van der Waals surface area contributed by atoms with Crippen molar-refractivity contribution in [2.24, 2.45) is 16.5 Å². The van der Waals surface area contributed by atoms with E-state index < -0.39 is 34.0 Å². The van der Waals surface area contributed by atoms with Gasteiger partial charge in [-0.1, -0.05) is 17.7 Å². The van der Waals surface area contributed by atoms with Gasteiger partial charge in [-0.2, -0.15) is 4.72 Å². The van der Waals surface area contributed by atoms with Crippen LogP contribution in [0.1, 0.15) is 25.3 Å². The molecule has 0 unspecified atom stereocenters. The number of nitrogens with zero attached hydrogens (tertiary/aromatic N) is 1. The zero-order valence-electron chi connectivity index (χ0n) is 16.2. The Kier molecular flexibility index (Phi) is 12.4. The molecule has 1 aromatic rings. The summed E-state index contributed by atoms with van der Waals surface area (Å²) in [6.07, 6.45) is 0.425. The number of carboxylic acids is 1. The molecule has 0 radical (unpaired) electrons. The van der Waals surface area contributed by atoms with Crippen molar-refractivity contribution >= 4 is 27.9 Å². The predicted octanol–water partition coefficient (Wildman–Crippen LogP) is -2.36. The number of amides is 1. The molecule has 0 aliphatic carbocycles. The first-order valence-corrected chi connectivity index (χ1v) is 9.69. The molecule has 0 heterocycles. The summed E-state index contributed by atoms with van der Waals surface area (Å²) < 4.78 is 26.8. The van der Waals surface area contributed by atoms with Crippen LogP contribution in [0.3, 0.4) is 0 Å². The van der Waals surface area contributed by atoms with Gasteiger partial charge in [-0.3, -0.25) is 9.79 Å². The van der Waals surface area contributed by atoms with Crippen molar-refractivity contribution in [3.05, 3.63) is 29.8 Å². The molecule has 0 aliphatic heterocycles. The minimum atomic E-state index is -3.91. The van der Waals surface area contributed by atoms with Crippen LogP contribution in [0.4, 0.5) is 0 Å². The van der Waals surface area contributed by atoms with Crippen LogP contribution in [0.25, 0.3) is 0 Å². The number of nitrogens with two attached hydrogens (primary N) is 2. The van der Waals surface area contributed by atoms with Crippen molar-refractivity contribution in [2.45, 2.75) is 43.7 Å². The molecule has 13 heteroatoms. The van der Waals surface area contributed by atoms with Crippen LogP contribution in [-0.2, 0) is 19.6 Å². The average Bonchev–Trinajstić information content (AvgIpc) is 2.56. The van der Waals surface area contributed by atoms with Crippen molar-refractivity contribution in [2.75, 3.05) is 6.54 Å². The van der Waals surface area contributed by atoms with Crippen LogP contribution >= 0.6 is 0 Å². The van der Waals surface area contributed by atoms with Gasteiger partial charge in [-0.25, -0.2) is 13.2 Å². The van der Waals surface area contributed by atoms with E-state index in [4.69, 9.17) is 11.5 Å². The van der Waals surface area contributed by atoms with E-state index in [1.807, 2.05) is 6.92 Å².